The maximum absolute atomic E-state index is 11.8. The molecule has 2 heterocycles. The van der Waals surface area contributed by atoms with Crippen LogP contribution >= 0.6 is 0 Å². The molecule has 1 atom stereocenters. The molecule has 1 aromatic carbocycles. The maximum atomic E-state index is 11.8. The van der Waals surface area contributed by atoms with Crippen LogP contribution in [0.4, 0.5) is 0 Å². The van der Waals surface area contributed by atoms with E-state index in [4.69, 9.17) is 9.47 Å². The highest BCUT2D eigenvalue weighted by molar-refractivity contribution is 7.94. The van der Waals surface area contributed by atoms with Crippen LogP contribution in [0.5, 0.6) is 11.5 Å². The summed E-state index contributed by atoms with van der Waals surface area (Å²) in [4.78, 5) is 11.8. The zero-order valence-electron chi connectivity index (χ0n) is 11.2. The van der Waals surface area contributed by atoms with E-state index in [1.807, 2.05) is 12.1 Å². The lowest BCUT2D eigenvalue weighted by Crippen LogP contribution is -2.25. The molecule has 0 bridgehead atoms. The van der Waals surface area contributed by atoms with Crippen molar-refractivity contribution in [3.8, 4) is 11.5 Å². The van der Waals surface area contributed by atoms with Crippen LogP contribution in [0.3, 0.4) is 0 Å². The highest BCUT2D eigenvalue weighted by Crippen LogP contribution is 2.32. The van der Waals surface area contributed by atoms with Gasteiger partial charge in [-0.3, -0.25) is 4.79 Å². The Bertz CT molecular complexity index is 695. The van der Waals surface area contributed by atoms with Gasteiger partial charge in [0, 0.05) is 24.3 Å². The van der Waals surface area contributed by atoms with Crippen molar-refractivity contribution in [2.24, 2.45) is 5.92 Å². The molecule has 0 spiro atoms. The fourth-order valence-corrected chi connectivity index (χ4v) is 3.73. The Hall–Kier alpha value is -2.02. The maximum Gasteiger partial charge on any atom is 0.231 e. The first kappa shape index (κ1) is 13.9. The van der Waals surface area contributed by atoms with E-state index in [-0.39, 0.29) is 30.8 Å². The molecule has 1 amide bonds. The fourth-order valence-electron chi connectivity index (χ4n) is 2.33. The molecule has 0 aromatic heterocycles. The van der Waals surface area contributed by atoms with Crippen LogP contribution < -0.4 is 14.8 Å². The minimum atomic E-state index is -3.11. The van der Waals surface area contributed by atoms with Crippen molar-refractivity contribution >= 4 is 15.7 Å². The lowest BCUT2D eigenvalue weighted by atomic mass is 10.1. The molecule has 21 heavy (non-hydrogen) atoms. The zero-order chi connectivity index (χ0) is 14.9. The number of rotatable bonds is 4. The second-order valence-corrected chi connectivity index (χ2v) is 7.02. The molecule has 7 heteroatoms. The standard InChI is InChI=1S/C14H15NO5S/c16-14(6-11-3-4-21(17,18)8-11)15-7-10-1-2-12-13(5-10)20-9-19-12/h1-5,11H,6-9H2,(H,15,16). The average molecular weight is 309 g/mol. The molecular formula is C14H15NO5S. The van der Waals surface area contributed by atoms with Crippen molar-refractivity contribution < 1.29 is 22.7 Å². The number of hydrogen-bond acceptors (Lipinski definition) is 5. The van der Waals surface area contributed by atoms with E-state index in [1.165, 1.54) is 5.41 Å². The molecule has 6 nitrogen and oxygen atoms in total. The Kier molecular flexibility index (Phi) is 3.59. The van der Waals surface area contributed by atoms with Crippen LogP contribution in [0.25, 0.3) is 0 Å². The van der Waals surface area contributed by atoms with Gasteiger partial charge < -0.3 is 14.8 Å². The second kappa shape index (κ2) is 5.40. The first-order valence-electron chi connectivity index (χ1n) is 6.58. The van der Waals surface area contributed by atoms with Crippen LogP contribution in [-0.4, -0.2) is 26.9 Å². The summed E-state index contributed by atoms with van der Waals surface area (Å²) in [7, 11) is -3.11. The molecular weight excluding hydrogens is 294 g/mol. The summed E-state index contributed by atoms with van der Waals surface area (Å²) >= 11 is 0. The first-order valence-corrected chi connectivity index (χ1v) is 8.29. The summed E-state index contributed by atoms with van der Waals surface area (Å²) < 4.78 is 33.0. The SMILES string of the molecule is O=C(CC1C=CS(=O)(=O)C1)NCc1ccc2c(c1)OCO2. The molecule has 0 radical (unpaired) electrons. The molecule has 2 aliphatic heterocycles. The average Bonchev–Trinajstić information content (AvgIpc) is 3.02. The second-order valence-electron chi connectivity index (χ2n) is 5.09. The summed E-state index contributed by atoms with van der Waals surface area (Å²) in [5.74, 6) is 0.994. The minimum absolute atomic E-state index is 0.0183. The minimum Gasteiger partial charge on any atom is -0.454 e. The Morgan fingerprint density at radius 3 is 2.86 bits per heavy atom. The largest absolute Gasteiger partial charge is 0.454 e. The van der Waals surface area contributed by atoms with Gasteiger partial charge in [-0.25, -0.2) is 8.42 Å². The highest BCUT2D eigenvalue weighted by atomic mass is 32.2. The molecule has 1 unspecified atom stereocenters. The molecule has 1 aromatic rings. The van der Waals surface area contributed by atoms with Crippen LogP contribution in [0.1, 0.15) is 12.0 Å². The Morgan fingerprint density at radius 1 is 1.29 bits per heavy atom. The Labute approximate surface area is 122 Å². The van der Waals surface area contributed by atoms with Gasteiger partial charge in [0.1, 0.15) is 0 Å². The predicted octanol–water partition coefficient (Wildman–Crippen LogP) is 0.980. The van der Waals surface area contributed by atoms with E-state index in [0.29, 0.717) is 18.0 Å². The summed E-state index contributed by atoms with van der Waals surface area (Å²) in [6, 6.07) is 5.48. The number of carbonyl (C=O) groups is 1. The van der Waals surface area contributed by atoms with Crippen molar-refractivity contribution in [1.82, 2.24) is 5.32 Å². The number of benzene rings is 1. The third kappa shape index (κ3) is 3.36. The van der Waals surface area contributed by atoms with Gasteiger partial charge in [-0.15, -0.1) is 0 Å². The normalized spacial score (nSPS) is 21.4. The van der Waals surface area contributed by atoms with Gasteiger partial charge in [-0.2, -0.15) is 0 Å². The van der Waals surface area contributed by atoms with Crippen LogP contribution in [-0.2, 0) is 21.2 Å². The van der Waals surface area contributed by atoms with Gasteiger partial charge in [0.15, 0.2) is 21.3 Å². The topological polar surface area (TPSA) is 81.7 Å². The number of allylic oxidation sites excluding steroid dienone is 1. The summed E-state index contributed by atoms with van der Waals surface area (Å²) in [5, 5.41) is 3.96. The van der Waals surface area contributed by atoms with E-state index >= 15 is 0 Å². The third-order valence-corrected chi connectivity index (χ3v) is 4.84. The van der Waals surface area contributed by atoms with Crippen molar-refractivity contribution in [1.29, 1.82) is 0 Å². The number of fused-ring (bicyclic) bond motifs is 1. The van der Waals surface area contributed by atoms with Gasteiger partial charge in [0.05, 0.1) is 5.75 Å². The van der Waals surface area contributed by atoms with Crippen LogP contribution in [0, 0.1) is 5.92 Å². The van der Waals surface area contributed by atoms with Crippen molar-refractivity contribution in [3.63, 3.8) is 0 Å². The van der Waals surface area contributed by atoms with Gasteiger partial charge in [-0.1, -0.05) is 12.1 Å². The number of nitrogens with one attached hydrogen (secondary N) is 1. The van der Waals surface area contributed by atoms with E-state index in [2.05, 4.69) is 5.32 Å². The highest BCUT2D eigenvalue weighted by Gasteiger charge is 2.23. The van der Waals surface area contributed by atoms with E-state index < -0.39 is 9.84 Å². The summed E-state index contributed by atoms with van der Waals surface area (Å²) in [6.45, 7) is 0.590. The molecule has 0 saturated heterocycles. The monoisotopic (exact) mass is 309 g/mol. The molecule has 0 saturated carbocycles. The molecule has 2 aliphatic rings. The zero-order valence-corrected chi connectivity index (χ0v) is 12.1. The number of amides is 1. The summed E-state index contributed by atoms with van der Waals surface area (Å²) in [6.07, 6.45) is 1.76. The molecule has 0 fully saturated rings. The van der Waals surface area contributed by atoms with Crippen LogP contribution in [0.2, 0.25) is 0 Å². The molecule has 1 N–H and O–H groups in total. The van der Waals surface area contributed by atoms with Gasteiger partial charge in [-0.05, 0) is 17.7 Å². The number of sulfone groups is 1. The number of carbonyl (C=O) groups excluding carboxylic acids is 1. The lowest BCUT2D eigenvalue weighted by Gasteiger charge is -2.08. The Balaban J connectivity index is 1.51. The first-order chi connectivity index (χ1) is 10.0. The van der Waals surface area contributed by atoms with Gasteiger partial charge in [0.25, 0.3) is 0 Å². The predicted molar refractivity (Wildman–Crippen MR) is 75.4 cm³/mol. The van der Waals surface area contributed by atoms with Gasteiger partial charge in [0.2, 0.25) is 12.7 Å². The molecule has 112 valence electrons. The molecule has 3 rings (SSSR count). The lowest BCUT2D eigenvalue weighted by molar-refractivity contribution is -0.121. The van der Waals surface area contributed by atoms with E-state index in [1.54, 1.807) is 12.1 Å². The summed E-state index contributed by atoms with van der Waals surface area (Å²) in [5.41, 5.74) is 0.905. The Morgan fingerprint density at radius 2 is 2.10 bits per heavy atom. The quantitative estimate of drug-likeness (QED) is 0.896. The van der Waals surface area contributed by atoms with Gasteiger partial charge >= 0.3 is 0 Å². The van der Waals surface area contributed by atoms with Crippen LogP contribution in [0.15, 0.2) is 29.7 Å². The smallest absolute Gasteiger partial charge is 0.231 e. The van der Waals surface area contributed by atoms with E-state index in [0.717, 1.165) is 5.56 Å². The number of ether oxygens (including phenoxy) is 2. The molecule has 0 aliphatic carbocycles. The fraction of sp³-hybridized carbons (Fsp3) is 0.357. The third-order valence-electron chi connectivity index (χ3n) is 3.38. The van der Waals surface area contributed by atoms with E-state index in [9.17, 15) is 13.2 Å². The van der Waals surface area contributed by atoms with Crippen molar-refractivity contribution in [2.75, 3.05) is 12.5 Å². The van der Waals surface area contributed by atoms with Crippen molar-refractivity contribution in [3.05, 3.63) is 35.2 Å². The number of hydrogen-bond donors (Lipinski definition) is 1. The van der Waals surface area contributed by atoms with Crippen molar-refractivity contribution in [2.45, 2.75) is 13.0 Å².